The molecular formula is C13H15ClN2S. The first kappa shape index (κ1) is 12.6. The molecule has 0 bridgehead atoms. The van der Waals surface area contributed by atoms with Crippen LogP contribution in [-0.4, -0.2) is 4.98 Å². The van der Waals surface area contributed by atoms with Crippen molar-refractivity contribution >= 4 is 22.9 Å². The fraction of sp³-hybridized carbons (Fsp3) is 0.308. The first-order valence-corrected chi connectivity index (χ1v) is 6.69. The van der Waals surface area contributed by atoms with Crippen LogP contribution in [0.1, 0.15) is 27.2 Å². The Morgan fingerprint density at radius 3 is 2.47 bits per heavy atom. The number of aromatic nitrogens is 1. The van der Waals surface area contributed by atoms with Gasteiger partial charge in [-0.25, -0.2) is 4.98 Å². The van der Waals surface area contributed by atoms with E-state index in [4.69, 9.17) is 17.3 Å². The van der Waals surface area contributed by atoms with Crippen LogP contribution in [0.2, 0.25) is 5.02 Å². The van der Waals surface area contributed by atoms with E-state index in [1.807, 2.05) is 38.1 Å². The molecule has 0 spiro atoms. The van der Waals surface area contributed by atoms with Gasteiger partial charge < -0.3 is 5.73 Å². The van der Waals surface area contributed by atoms with Crippen LogP contribution in [0.3, 0.4) is 0 Å². The van der Waals surface area contributed by atoms with Gasteiger partial charge in [0, 0.05) is 15.9 Å². The quantitative estimate of drug-likeness (QED) is 0.921. The summed E-state index contributed by atoms with van der Waals surface area (Å²) in [5.41, 5.74) is 8.47. The summed E-state index contributed by atoms with van der Waals surface area (Å²) in [6.45, 7) is 4.02. The van der Waals surface area contributed by atoms with Crippen molar-refractivity contribution in [3.8, 4) is 0 Å². The molecule has 1 unspecified atom stereocenters. The Kier molecular flexibility index (Phi) is 3.82. The Morgan fingerprint density at radius 2 is 1.94 bits per heavy atom. The molecule has 2 aromatic rings. The van der Waals surface area contributed by atoms with Crippen molar-refractivity contribution < 1.29 is 0 Å². The third-order valence-electron chi connectivity index (χ3n) is 2.65. The highest BCUT2D eigenvalue weighted by Crippen LogP contribution is 2.26. The number of halogens is 1. The minimum Gasteiger partial charge on any atom is -0.323 e. The van der Waals surface area contributed by atoms with Crippen LogP contribution in [0, 0.1) is 13.8 Å². The molecule has 2 rings (SSSR count). The van der Waals surface area contributed by atoms with Crippen LogP contribution in [0.25, 0.3) is 0 Å². The van der Waals surface area contributed by atoms with E-state index < -0.39 is 0 Å². The summed E-state index contributed by atoms with van der Waals surface area (Å²) in [7, 11) is 0. The maximum Gasteiger partial charge on any atom is 0.0900 e. The van der Waals surface area contributed by atoms with Crippen molar-refractivity contribution in [1.82, 2.24) is 4.98 Å². The molecule has 90 valence electrons. The van der Waals surface area contributed by atoms with Gasteiger partial charge in [0.2, 0.25) is 0 Å². The zero-order valence-electron chi connectivity index (χ0n) is 9.90. The molecule has 1 heterocycles. The third-order valence-corrected chi connectivity index (χ3v) is 4.10. The summed E-state index contributed by atoms with van der Waals surface area (Å²) >= 11 is 7.54. The van der Waals surface area contributed by atoms with Gasteiger partial charge in [-0.15, -0.1) is 11.3 Å². The Balaban J connectivity index is 2.14. The summed E-state index contributed by atoms with van der Waals surface area (Å²) in [6.07, 6.45) is 0.819. The van der Waals surface area contributed by atoms with Gasteiger partial charge in [0.15, 0.2) is 0 Å². The predicted octanol–water partition coefficient (Wildman–Crippen LogP) is 3.66. The lowest BCUT2D eigenvalue weighted by Crippen LogP contribution is -2.12. The van der Waals surface area contributed by atoms with E-state index in [9.17, 15) is 0 Å². The molecule has 1 atom stereocenters. The van der Waals surface area contributed by atoms with E-state index in [1.165, 1.54) is 10.4 Å². The number of nitrogens with zero attached hydrogens (tertiary/aromatic N) is 1. The average molecular weight is 267 g/mol. The molecule has 0 aliphatic carbocycles. The number of benzene rings is 1. The molecule has 0 saturated heterocycles. The fourth-order valence-corrected chi connectivity index (χ4v) is 2.91. The van der Waals surface area contributed by atoms with E-state index in [1.54, 1.807) is 11.3 Å². The molecule has 0 aliphatic heterocycles. The van der Waals surface area contributed by atoms with Gasteiger partial charge in [-0.3, -0.25) is 0 Å². The number of aryl methyl sites for hydroxylation is 2. The van der Waals surface area contributed by atoms with Gasteiger partial charge >= 0.3 is 0 Å². The van der Waals surface area contributed by atoms with Crippen molar-refractivity contribution in [1.29, 1.82) is 0 Å². The van der Waals surface area contributed by atoms with E-state index in [2.05, 4.69) is 4.98 Å². The highest BCUT2D eigenvalue weighted by Gasteiger charge is 2.13. The smallest absolute Gasteiger partial charge is 0.0900 e. The predicted molar refractivity (Wildman–Crippen MR) is 73.7 cm³/mol. The van der Waals surface area contributed by atoms with Crippen LogP contribution in [0.4, 0.5) is 0 Å². The standard InChI is InChI=1S/C13H15ClN2S/c1-8-13(17-9(2)16-8)12(15)7-10-3-5-11(14)6-4-10/h3-6,12H,7,15H2,1-2H3. The largest absolute Gasteiger partial charge is 0.323 e. The Hall–Kier alpha value is -0.900. The monoisotopic (exact) mass is 266 g/mol. The first-order chi connectivity index (χ1) is 8.06. The zero-order valence-corrected chi connectivity index (χ0v) is 11.5. The molecule has 2 N–H and O–H groups in total. The van der Waals surface area contributed by atoms with Gasteiger partial charge in [-0.05, 0) is 38.0 Å². The minimum atomic E-state index is 0.0161. The van der Waals surface area contributed by atoms with Crippen molar-refractivity contribution in [3.05, 3.63) is 50.4 Å². The summed E-state index contributed by atoms with van der Waals surface area (Å²) in [4.78, 5) is 5.58. The Labute approximate surface area is 110 Å². The molecule has 17 heavy (non-hydrogen) atoms. The highest BCUT2D eigenvalue weighted by atomic mass is 35.5. The maximum atomic E-state index is 6.22. The van der Waals surface area contributed by atoms with E-state index in [0.29, 0.717) is 0 Å². The second-order valence-electron chi connectivity index (χ2n) is 4.12. The van der Waals surface area contributed by atoms with Gasteiger partial charge in [-0.2, -0.15) is 0 Å². The van der Waals surface area contributed by atoms with Crippen LogP contribution < -0.4 is 5.73 Å². The molecule has 0 amide bonds. The lowest BCUT2D eigenvalue weighted by atomic mass is 10.0. The van der Waals surface area contributed by atoms with Gasteiger partial charge in [-0.1, -0.05) is 23.7 Å². The molecular weight excluding hydrogens is 252 g/mol. The van der Waals surface area contributed by atoms with Gasteiger partial charge in [0.1, 0.15) is 0 Å². The summed E-state index contributed by atoms with van der Waals surface area (Å²) in [5.74, 6) is 0. The normalized spacial score (nSPS) is 12.7. The third kappa shape index (κ3) is 3.06. The SMILES string of the molecule is Cc1nc(C)c(C(N)Cc2ccc(Cl)cc2)s1. The highest BCUT2D eigenvalue weighted by molar-refractivity contribution is 7.11. The molecule has 0 aliphatic rings. The summed E-state index contributed by atoms with van der Waals surface area (Å²) < 4.78 is 0. The Bertz CT molecular complexity index is 505. The van der Waals surface area contributed by atoms with Crippen molar-refractivity contribution in [2.45, 2.75) is 26.3 Å². The van der Waals surface area contributed by atoms with Crippen LogP contribution in [0.5, 0.6) is 0 Å². The molecule has 1 aromatic heterocycles. The molecule has 4 heteroatoms. The summed E-state index contributed by atoms with van der Waals surface area (Å²) in [5, 5.41) is 1.83. The lowest BCUT2D eigenvalue weighted by molar-refractivity contribution is 0.728. The number of thiazole rings is 1. The number of hydrogen-bond acceptors (Lipinski definition) is 3. The number of hydrogen-bond donors (Lipinski definition) is 1. The molecule has 0 saturated carbocycles. The minimum absolute atomic E-state index is 0.0161. The van der Waals surface area contributed by atoms with Crippen molar-refractivity contribution in [3.63, 3.8) is 0 Å². The number of nitrogens with two attached hydrogens (primary N) is 1. The van der Waals surface area contributed by atoms with E-state index in [0.717, 1.165) is 22.1 Å². The van der Waals surface area contributed by atoms with Gasteiger partial charge in [0.05, 0.1) is 10.7 Å². The molecule has 0 radical (unpaired) electrons. The van der Waals surface area contributed by atoms with E-state index >= 15 is 0 Å². The maximum absolute atomic E-state index is 6.22. The fourth-order valence-electron chi connectivity index (χ4n) is 1.86. The van der Waals surface area contributed by atoms with E-state index in [-0.39, 0.29) is 6.04 Å². The molecule has 1 aromatic carbocycles. The first-order valence-electron chi connectivity index (χ1n) is 5.50. The Morgan fingerprint density at radius 1 is 1.29 bits per heavy atom. The van der Waals surface area contributed by atoms with Crippen LogP contribution in [-0.2, 0) is 6.42 Å². The van der Waals surface area contributed by atoms with Gasteiger partial charge in [0.25, 0.3) is 0 Å². The zero-order chi connectivity index (χ0) is 12.4. The van der Waals surface area contributed by atoms with Crippen molar-refractivity contribution in [2.75, 3.05) is 0 Å². The second kappa shape index (κ2) is 5.17. The van der Waals surface area contributed by atoms with Crippen LogP contribution >= 0.6 is 22.9 Å². The lowest BCUT2D eigenvalue weighted by Gasteiger charge is -2.10. The summed E-state index contributed by atoms with van der Waals surface area (Å²) in [6, 6.07) is 7.85. The number of rotatable bonds is 3. The van der Waals surface area contributed by atoms with Crippen molar-refractivity contribution in [2.24, 2.45) is 5.73 Å². The average Bonchev–Trinajstić information content (AvgIpc) is 2.61. The second-order valence-corrected chi connectivity index (χ2v) is 5.79. The molecule has 0 fully saturated rings. The molecule has 2 nitrogen and oxygen atoms in total. The van der Waals surface area contributed by atoms with Crippen LogP contribution in [0.15, 0.2) is 24.3 Å². The topological polar surface area (TPSA) is 38.9 Å².